The average Bonchev–Trinajstić information content (AvgIpc) is 2.41. The van der Waals surface area contributed by atoms with Crippen molar-refractivity contribution in [3.05, 3.63) is 58.6 Å². The van der Waals surface area contributed by atoms with E-state index in [4.69, 9.17) is 22.6 Å². The molecule has 0 aliphatic rings. The summed E-state index contributed by atoms with van der Waals surface area (Å²) in [6.07, 6.45) is 0. The molecule has 0 spiro atoms. The van der Waals surface area contributed by atoms with Crippen molar-refractivity contribution in [2.75, 3.05) is 17.7 Å². The molecule has 0 heterocycles. The fourth-order valence-corrected chi connectivity index (χ4v) is 2.05. The van der Waals surface area contributed by atoms with Gasteiger partial charge in [0.15, 0.2) is 0 Å². The van der Waals surface area contributed by atoms with Gasteiger partial charge in [-0.3, -0.25) is 0 Å². The summed E-state index contributed by atoms with van der Waals surface area (Å²) in [5, 5.41) is 9.55. The highest BCUT2D eigenvalue weighted by Gasteiger charge is 2.07. The zero-order valence-electron chi connectivity index (χ0n) is 10.6. The second-order valence-electron chi connectivity index (χ2n) is 4.37. The maximum absolute atomic E-state index is 8.82. The van der Waals surface area contributed by atoms with E-state index in [1.54, 1.807) is 12.1 Å². The van der Waals surface area contributed by atoms with Crippen LogP contribution in [-0.4, -0.2) is 7.05 Å². The Labute approximate surface area is 117 Å². The lowest BCUT2D eigenvalue weighted by Gasteiger charge is -2.21. The van der Waals surface area contributed by atoms with E-state index in [0.29, 0.717) is 11.3 Å². The topological polar surface area (TPSA) is 53.0 Å². The van der Waals surface area contributed by atoms with Crippen molar-refractivity contribution in [2.45, 2.75) is 6.54 Å². The third-order valence-electron chi connectivity index (χ3n) is 2.90. The Morgan fingerprint density at radius 3 is 2.47 bits per heavy atom. The van der Waals surface area contributed by atoms with Gasteiger partial charge in [-0.25, -0.2) is 0 Å². The van der Waals surface area contributed by atoms with Crippen LogP contribution in [0.1, 0.15) is 11.1 Å². The number of nitrogens with zero attached hydrogens (tertiary/aromatic N) is 2. The quantitative estimate of drug-likeness (QED) is 0.870. The standard InChI is InChI=1S/C15H14ClN3/c1-19(10-11-2-5-13(16)6-3-11)15-7-4-12(9-17)8-14(15)18/h2-8H,10,18H2,1H3. The van der Waals surface area contributed by atoms with E-state index in [2.05, 4.69) is 6.07 Å². The molecule has 3 nitrogen and oxygen atoms in total. The van der Waals surface area contributed by atoms with Crippen LogP contribution in [0, 0.1) is 11.3 Å². The predicted molar refractivity (Wildman–Crippen MR) is 79.1 cm³/mol. The second-order valence-corrected chi connectivity index (χ2v) is 4.80. The summed E-state index contributed by atoms with van der Waals surface area (Å²) >= 11 is 5.86. The highest BCUT2D eigenvalue weighted by atomic mass is 35.5. The molecule has 2 N–H and O–H groups in total. The lowest BCUT2D eigenvalue weighted by molar-refractivity contribution is 0.925. The number of nitrogen functional groups attached to an aromatic ring is 1. The summed E-state index contributed by atoms with van der Waals surface area (Å²) in [5.41, 5.74) is 9.20. The van der Waals surface area contributed by atoms with E-state index in [-0.39, 0.29) is 0 Å². The number of hydrogen-bond donors (Lipinski definition) is 1. The minimum absolute atomic E-state index is 0.571. The summed E-state index contributed by atoms with van der Waals surface area (Å²) in [5.74, 6) is 0. The lowest BCUT2D eigenvalue weighted by atomic mass is 10.1. The number of rotatable bonds is 3. The molecule has 0 unspecified atom stereocenters. The van der Waals surface area contributed by atoms with Crippen LogP contribution in [0.15, 0.2) is 42.5 Å². The van der Waals surface area contributed by atoms with Crippen molar-refractivity contribution in [2.24, 2.45) is 0 Å². The zero-order valence-corrected chi connectivity index (χ0v) is 11.4. The summed E-state index contributed by atoms with van der Waals surface area (Å²) in [4.78, 5) is 2.04. The molecule has 96 valence electrons. The molecular formula is C15H14ClN3. The number of nitrogens with two attached hydrogens (primary N) is 1. The molecule has 0 fully saturated rings. The fraction of sp³-hybridized carbons (Fsp3) is 0.133. The van der Waals surface area contributed by atoms with Crippen molar-refractivity contribution in [1.29, 1.82) is 5.26 Å². The largest absolute Gasteiger partial charge is 0.397 e. The Morgan fingerprint density at radius 1 is 1.21 bits per heavy atom. The van der Waals surface area contributed by atoms with E-state index < -0.39 is 0 Å². The van der Waals surface area contributed by atoms with Gasteiger partial charge in [0.05, 0.1) is 23.0 Å². The van der Waals surface area contributed by atoms with Gasteiger partial charge in [-0.05, 0) is 35.9 Å². The fourth-order valence-electron chi connectivity index (χ4n) is 1.92. The molecule has 0 saturated heterocycles. The van der Waals surface area contributed by atoms with Crippen LogP contribution in [0.3, 0.4) is 0 Å². The normalized spacial score (nSPS) is 9.95. The smallest absolute Gasteiger partial charge is 0.0992 e. The lowest BCUT2D eigenvalue weighted by Crippen LogP contribution is -2.17. The van der Waals surface area contributed by atoms with Gasteiger partial charge in [-0.2, -0.15) is 5.26 Å². The molecule has 0 aliphatic heterocycles. The van der Waals surface area contributed by atoms with Crippen LogP contribution in [0.4, 0.5) is 11.4 Å². The predicted octanol–water partition coefficient (Wildman–Crippen LogP) is 3.43. The molecule has 4 heteroatoms. The van der Waals surface area contributed by atoms with E-state index in [1.807, 2.05) is 42.3 Å². The van der Waals surface area contributed by atoms with Gasteiger partial charge in [0.1, 0.15) is 0 Å². The molecule has 0 amide bonds. The van der Waals surface area contributed by atoms with Gasteiger partial charge in [0.2, 0.25) is 0 Å². The van der Waals surface area contributed by atoms with Crippen LogP contribution < -0.4 is 10.6 Å². The van der Waals surface area contributed by atoms with Crippen LogP contribution in [-0.2, 0) is 6.54 Å². The molecule has 0 aromatic heterocycles. The van der Waals surface area contributed by atoms with Crippen molar-refractivity contribution in [3.63, 3.8) is 0 Å². The number of nitriles is 1. The molecule has 2 aromatic carbocycles. The molecule has 0 aliphatic carbocycles. The minimum Gasteiger partial charge on any atom is -0.397 e. The summed E-state index contributed by atoms with van der Waals surface area (Å²) in [7, 11) is 1.96. The van der Waals surface area contributed by atoms with Crippen LogP contribution in [0.2, 0.25) is 5.02 Å². The first-order valence-corrected chi connectivity index (χ1v) is 6.23. The van der Waals surface area contributed by atoms with E-state index in [0.717, 1.165) is 22.8 Å². The Morgan fingerprint density at radius 2 is 1.89 bits per heavy atom. The molecule has 0 bridgehead atoms. The Balaban J connectivity index is 2.18. The first-order valence-electron chi connectivity index (χ1n) is 5.85. The third kappa shape index (κ3) is 3.18. The molecule has 0 saturated carbocycles. The Bertz CT molecular complexity index is 614. The highest BCUT2D eigenvalue weighted by molar-refractivity contribution is 6.30. The molecule has 2 aromatic rings. The molecule has 19 heavy (non-hydrogen) atoms. The van der Waals surface area contributed by atoms with Gasteiger partial charge < -0.3 is 10.6 Å². The summed E-state index contributed by atoms with van der Waals surface area (Å²) < 4.78 is 0. The maximum Gasteiger partial charge on any atom is 0.0992 e. The highest BCUT2D eigenvalue weighted by Crippen LogP contribution is 2.24. The third-order valence-corrected chi connectivity index (χ3v) is 3.15. The van der Waals surface area contributed by atoms with E-state index >= 15 is 0 Å². The van der Waals surface area contributed by atoms with Gasteiger partial charge in [-0.1, -0.05) is 23.7 Å². The number of benzene rings is 2. The van der Waals surface area contributed by atoms with E-state index in [9.17, 15) is 0 Å². The molecule has 2 rings (SSSR count). The monoisotopic (exact) mass is 271 g/mol. The molecular weight excluding hydrogens is 258 g/mol. The van der Waals surface area contributed by atoms with Crippen molar-refractivity contribution < 1.29 is 0 Å². The SMILES string of the molecule is CN(Cc1ccc(Cl)cc1)c1ccc(C#N)cc1N. The van der Waals surface area contributed by atoms with Gasteiger partial charge in [0.25, 0.3) is 0 Å². The number of halogens is 1. The molecule has 0 atom stereocenters. The Hall–Kier alpha value is -2.18. The van der Waals surface area contributed by atoms with E-state index in [1.165, 1.54) is 0 Å². The van der Waals surface area contributed by atoms with Gasteiger partial charge in [0, 0.05) is 18.6 Å². The maximum atomic E-state index is 8.82. The summed E-state index contributed by atoms with van der Waals surface area (Å²) in [6.45, 7) is 0.729. The second kappa shape index (κ2) is 5.64. The number of hydrogen-bond acceptors (Lipinski definition) is 3. The minimum atomic E-state index is 0.571. The number of anilines is 2. The van der Waals surface area contributed by atoms with Crippen LogP contribution in [0.25, 0.3) is 0 Å². The van der Waals surface area contributed by atoms with Crippen LogP contribution >= 0.6 is 11.6 Å². The zero-order chi connectivity index (χ0) is 13.8. The van der Waals surface area contributed by atoms with Crippen molar-refractivity contribution in [3.8, 4) is 6.07 Å². The summed E-state index contributed by atoms with van der Waals surface area (Å²) in [6, 6.07) is 15.1. The molecule has 0 radical (unpaired) electrons. The van der Waals surface area contributed by atoms with Gasteiger partial charge in [-0.15, -0.1) is 0 Å². The van der Waals surface area contributed by atoms with Crippen molar-refractivity contribution >= 4 is 23.0 Å². The van der Waals surface area contributed by atoms with Crippen molar-refractivity contribution in [1.82, 2.24) is 0 Å². The van der Waals surface area contributed by atoms with Gasteiger partial charge >= 0.3 is 0 Å². The first-order chi connectivity index (χ1) is 9.10. The first kappa shape index (κ1) is 13.3. The average molecular weight is 272 g/mol. The Kier molecular flexibility index (Phi) is 3.94. The van der Waals surface area contributed by atoms with Crippen LogP contribution in [0.5, 0.6) is 0 Å².